The predicted molar refractivity (Wildman–Crippen MR) is 242 cm³/mol. The third-order valence-electron chi connectivity index (χ3n) is 13.0. The van der Waals surface area contributed by atoms with Crippen molar-refractivity contribution >= 4 is 17.9 Å². The molecule has 0 amide bonds. The van der Waals surface area contributed by atoms with Crippen LogP contribution in [0.2, 0.25) is 0 Å². The van der Waals surface area contributed by atoms with Gasteiger partial charge in [0.1, 0.15) is 30.0 Å². The highest BCUT2D eigenvalue weighted by Gasteiger charge is 2.54. The van der Waals surface area contributed by atoms with Crippen LogP contribution in [-0.4, -0.2) is 160 Å². The summed E-state index contributed by atoms with van der Waals surface area (Å²) < 4.78 is 69.4. The van der Waals surface area contributed by atoms with Gasteiger partial charge in [-0.05, 0) is 90.8 Å². The van der Waals surface area contributed by atoms with Crippen molar-refractivity contribution in [1.82, 2.24) is 4.90 Å². The fraction of sp³-hybridized carbons (Fsp3) is 0.816. The number of methoxy groups -OCH3 is 3. The molecular formula is C49H81NO16. The summed E-state index contributed by atoms with van der Waals surface area (Å²) in [6.45, 7) is 14.3. The van der Waals surface area contributed by atoms with E-state index < -0.39 is 115 Å². The number of benzene rings is 1. The minimum atomic E-state index is -1.48. The summed E-state index contributed by atoms with van der Waals surface area (Å²) in [5.41, 5.74) is -0.593. The van der Waals surface area contributed by atoms with Crippen LogP contribution >= 0.6 is 0 Å². The number of hydrogen-bond donors (Lipinski definition) is 2. The van der Waals surface area contributed by atoms with Crippen molar-refractivity contribution in [2.75, 3.05) is 35.4 Å². The van der Waals surface area contributed by atoms with E-state index in [0.29, 0.717) is 25.7 Å². The zero-order chi connectivity index (χ0) is 48.9. The van der Waals surface area contributed by atoms with Gasteiger partial charge in [-0.25, -0.2) is 0 Å². The van der Waals surface area contributed by atoms with Crippen LogP contribution in [0.15, 0.2) is 30.3 Å². The van der Waals surface area contributed by atoms with Crippen molar-refractivity contribution in [2.24, 2.45) is 17.8 Å². The maximum atomic E-state index is 13.6. The Hall–Kier alpha value is -2.81. The number of aliphatic hydroxyl groups is 2. The molecule has 0 saturated carbocycles. The van der Waals surface area contributed by atoms with Gasteiger partial charge in [0.05, 0.1) is 49.6 Å². The van der Waals surface area contributed by atoms with E-state index in [1.807, 2.05) is 77.0 Å². The van der Waals surface area contributed by atoms with Crippen LogP contribution < -0.4 is 0 Å². The first kappa shape index (κ1) is 55.8. The van der Waals surface area contributed by atoms with Gasteiger partial charge in [0.2, 0.25) is 0 Å². The Morgan fingerprint density at radius 1 is 0.909 bits per heavy atom. The number of ether oxygens (including phenoxy) is 11. The monoisotopic (exact) mass is 940 g/mol. The number of esters is 3. The fourth-order valence-electron chi connectivity index (χ4n) is 9.62. The highest BCUT2D eigenvalue weighted by Crippen LogP contribution is 2.39. The summed E-state index contributed by atoms with van der Waals surface area (Å²) in [7, 11) is 8.33. The molecule has 0 radical (unpaired) electrons. The first-order valence-corrected chi connectivity index (χ1v) is 23.7. The second-order valence-electron chi connectivity index (χ2n) is 19.4. The molecule has 17 nitrogen and oxygen atoms in total. The average Bonchev–Trinajstić information content (AvgIpc) is 3.22. The van der Waals surface area contributed by atoms with Crippen LogP contribution in [0.25, 0.3) is 0 Å². The molecule has 3 fully saturated rings. The Labute approximate surface area is 392 Å². The van der Waals surface area contributed by atoms with E-state index >= 15 is 0 Å². The number of likely N-dealkylation sites (N-methyl/N-ethyl adjacent to an activating group) is 1. The van der Waals surface area contributed by atoms with Crippen molar-refractivity contribution in [3.63, 3.8) is 0 Å². The molecule has 0 aromatic heterocycles. The predicted octanol–water partition coefficient (Wildman–Crippen LogP) is 5.33. The summed E-state index contributed by atoms with van der Waals surface area (Å²) >= 11 is 0. The standard InChI is InChI=1S/C49H81NO16/c1-28(2)22-38(53)64-47-32(6)61-41(26-49(47,8)55)65-43-31(5)62-48(46(42(43)50(9)10)59-27-34-19-15-14-16-20-34)66-44-35(24-40(56-11)57-12)23-29(3)36(52)21-17-18-30(4)60-39(54)25-37(45(44)58-13)63-33(7)51/h14-16,19-20,28-32,35-37,40-48,52,55H,17-18,21-27H2,1-13H3/t29-,30-,31-,32+,35-,36-,37-,41+,42+,43-,44+,45+,46-,47+,48+,49-/m1/s1. The first-order chi connectivity index (χ1) is 31.2. The molecule has 378 valence electrons. The molecule has 1 aromatic rings. The van der Waals surface area contributed by atoms with E-state index in [2.05, 4.69) is 0 Å². The highest BCUT2D eigenvalue weighted by atomic mass is 16.7. The fourth-order valence-corrected chi connectivity index (χ4v) is 9.62. The van der Waals surface area contributed by atoms with Crippen molar-refractivity contribution in [3.8, 4) is 0 Å². The molecular weight excluding hydrogens is 859 g/mol. The maximum Gasteiger partial charge on any atom is 0.309 e. The van der Waals surface area contributed by atoms with Crippen molar-refractivity contribution in [2.45, 2.75) is 205 Å². The number of nitrogens with zero attached hydrogens (tertiary/aromatic N) is 1. The molecule has 0 aliphatic carbocycles. The van der Waals surface area contributed by atoms with Crippen LogP contribution in [0, 0.1) is 17.8 Å². The largest absolute Gasteiger partial charge is 0.463 e. The van der Waals surface area contributed by atoms with Crippen LogP contribution in [-0.2, 0) is 73.1 Å². The zero-order valence-electron chi connectivity index (χ0n) is 41.6. The molecule has 17 heteroatoms. The Bertz CT molecular complexity index is 1610. The topological polar surface area (TPSA) is 196 Å². The van der Waals surface area contributed by atoms with E-state index in [4.69, 9.17) is 52.1 Å². The van der Waals surface area contributed by atoms with Gasteiger partial charge in [0.25, 0.3) is 0 Å². The second-order valence-corrected chi connectivity index (χ2v) is 19.4. The molecule has 66 heavy (non-hydrogen) atoms. The van der Waals surface area contributed by atoms with Crippen LogP contribution in [0.3, 0.4) is 0 Å². The number of carbonyl (C=O) groups is 3. The average molecular weight is 940 g/mol. The lowest BCUT2D eigenvalue weighted by atomic mass is 9.81. The molecule has 3 aliphatic heterocycles. The van der Waals surface area contributed by atoms with E-state index in [1.165, 1.54) is 28.3 Å². The Kier molecular flexibility index (Phi) is 22.2. The van der Waals surface area contributed by atoms with Crippen molar-refractivity contribution in [1.29, 1.82) is 0 Å². The minimum absolute atomic E-state index is 0.00196. The van der Waals surface area contributed by atoms with Crippen molar-refractivity contribution < 1.29 is 76.7 Å². The third-order valence-corrected chi connectivity index (χ3v) is 13.0. The molecule has 0 spiro atoms. The molecule has 16 atom stereocenters. The van der Waals surface area contributed by atoms with Gasteiger partial charge in [0, 0.05) is 47.5 Å². The van der Waals surface area contributed by atoms with E-state index in [-0.39, 0.29) is 44.1 Å². The molecule has 3 heterocycles. The van der Waals surface area contributed by atoms with Gasteiger partial charge < -0.3 is 67.2 Å². The number of hydrogen-bond acceptors (Lipinski definition) is 17. The van der Waals surface area contributed by atoms with Gasteiger partial charge in [-0.1, -0.05) is 51.1 Å². The highest BCUT2D eigenvalue weighted by molar-refractivity contribution is 5.72. The third kappa shape index (κ3) is 16.1. The normalized spacial score (nSPS) is 36.5. The lowest BCUT2D eigenvalue weighted by Crippen LogP contribution is -2.66. The Morgan fingerprint density at radius 3 is 2.18 bits per heavy atom. The van der Waals surface area contributed by atoms with Gasteiger partial charge in [-0.3, -0.25) is 14.4 Å². The summed E-state index contributed by atoms with van der Waals surface area (Å²) in [5, 5.41) is 23.3. The van der Waals surface area contributed by atoms with Crippen LogP contribution in [0.1, 0.15) is 112 Å². The van der Waals surface area contributed by atoms with Gasteiger partial charge >= 0.3 is 17.9 Å². The minimum Gasteiger partial charge on any atom is -0.463 e. The molecule has 4 rings (SSSR count). The van der Waals surface area contributed by atoms with Crippen LogP contribution in [0.4, 0.5) is 0 Å². The van der Waals surface area contributed by atoms with Gasteiger partial charge in [-0.15, -0.1) is 0 Å². The first-order valence-electron chi connectivity index (χ1n) is 23.7. The second kappa shape index (κ2) is 26.2. The number of rotatable bonds is 17. The molecule has 3 saturated heterocycles. The lowest BCUT2D eigenvalue weighted by Gasteiger charge is -2.51. The molecule has 0 bridgehead atoms. The molecule has 0 unspecified atom stereocenters. The summed E-state index contributed by atoms with van der Waals surface area (Å²) in [5.74, 6) is -2.31. The SMILES string of the molecule is COC(C[C@H]1C[C@@H](C)[C@H](O)CCC[C@@H](C)OC(=O)C[C@@H](OC(C)=O)[C@H](OC)[C@H]1O[C@@H]1O[C@H](C)[C@@H](O[C@H]2C[C@@](C)(O)[C@@H](OC(=O)CC(C)C)[C@H](C)O2)[C@H](N(C)C)[C@H]1OCc1ccccc1)OC. The summed E-state index contributed by atoms with van der Waals surface area (Å²) in [6, 6.07) is 9.09. The molecule has 2 N–H and O–H groups in total. The number of carbonyl (C=O) groups excluding carboxylic acids is 3. The quantitative estimate of drug-likeness (QED) is 0.116. The van der Waals surface area contributed by atoms with Gasteiger partial charge in [0.15, 0.2) is 25.0 Å². The molecule has 1 aromatic carbocycles. The Balaban J connectivity index is 1.80. The van der Waals surface area contributed by atoms with E-state index in [0.717, 1.165) is 5.56 Å². The Morgan fingerprint density at radius 2 is 1.59 bits per heavy atom. The van der Waals surface area contributed by atoms with E-state index in [9.17, 15) is 24.6 Å². The number of aliphatic hydroxyl groups excluding tert-OH is 1. The maximum absolute atomic E-state index is 13.6. The number of cyclic esters (lactones) is 1. The lowest BCUT2D eigenvalue weighted by molar-refractivity contribution is -0.350. The molecule has 3 aliphatic rings. The van der Waals surface area contributed by atoms with Crippen molar-refractivity contribution in [3.05, 3.63) is 35.9 Å². The van der Waals surface area contributed by atoms with Crippen LogP contribution in [0.5, 0.6) is 0 Å². The van der Waals surface area contributed by atoms with E-state index in [1.54, 1.807) is 20.8 Å². The summed E-state index contributed by atoms with van der Waals surface area (Å²) in [6.07, 6.45) is -8.88. The van der Waals surface area contributed by atoms with Gasteiger partial charge in [-0.2, -0.15) is 0 Å². The smallest absolute Gasteiger partial charge is 0.309 e. The zero-order valence-corrected chi connectivity index (χ0v) is 41.6. The summed E-state index contributed by atoms with van der Waals surface area (Å²) in [4.78, 5) is 41.1.